The van der Waals surface area contributed by atoms with Crippen molar-refractivity contribution in [2.24, 2.45) is 0 Å². The molecule has 1 aliphatic rings. The molecule has 0 fully saturated rings. The molecule has 0 atom stereocenters. The van der Waals surface area contributed by atoms with Crippen molar-refractivity contribution in [1.29, 1.82) is 0 Å². The van der Waals surface area contributed by atoms with Crippen molar-refractivity contribution >= 4 is 11.9 Å². The number of carbonyl (C=O) groups excluding carboxylic acids is 1. The van der Waals surface area contributed by atoms with Gasteiger partial charge in [0, 0.05) is 49.4 Å². The number of fused-ring (bicyclic) bond motifs is 1. The molecule has 0 saturated carbocycles. The standard InChI is InChI=1S/C26H27FN6O2/c1-16-22(13-30-31-16)20-10-18(15-33-9-7-29-26(33)28-2)11-21-19(20)6-8-32(25(21)34)14-17-4-5-23(27)24(12-17)35-3/h4-5,7,9-13H,6,8,14-15H2,1-3H3,(H,28,29)(H,30,31). The number of hydrogen-bond donors (Lipinski definition) is 2. The predicted octanol–water partition coefficient (Wildman–Crippen LogP) is 4.02. The minimum Gasteiger partial charge on any atom is -0.494 e. The van der Waals surface area contributed by atoms with Crippen molar-refractivity contribution in [3.8, 4) is 16.9 Å². The number of rotatable bonds is 7. The Labute approximate surface area is 202 Å². The number of imidazole rings is 1. The molecule has 1 aliphatic heterocycles. The van der Waals surface area contributed by atoms with Gasteiger partial charge in [-0.2, -0.15) is 5.10 Å². The van der Waals surface area contributed by atoms with E-state index in [0.29, 0.717) is 31.6 Å². The molecule has 35 heavy (non-hydrogen) atoms. The van der Waals surface area contributed by atoms with Gasteiger partial charge in [0.15, 0.2) is 11.6 Å². The zero-order valence-electron chi connectivity index (χ0n) is 19.9. The largest absolute Gasteiger partial charge is 0.494 e. The van der Waals surface area contributed by atoms with E-state index in [2.05, 4.69) is 26.6 Å². The maximum Gasteiger partial charge on any atom is 0.254 e. The van der Waals surface area contributed by atoms with Crippen molar-refractivity contribution in [3.05, 3.63) is 82.7 Å². The number of benzene rings is 2. The first-order valence-electron chi connectivity index (χ1n) is 11.4. The first-order chi connectivity index (χ1) is 17.0. The Morgan fingerprint density at radius 2 is 1.97 bits per heavy atom. The van der Waals surface area contributed by atoms with E-state index in [1.807, 2.05) is 37.0 Å². The zero-order chi connectivity index (χ0) is 24.5. The van der Waals surface area contributed by atoms with Gasteiger partial charge in [-0.3, -0.25) is 9.89 Å². The van der Waals surface area contributed by atoms with Gasteiger partial charge in [-0.05, 0) is 59.9 Å². The van der Waals surface area contributed by atoms with E-state index in [1.165, 1.54) is 13.2 Å². The van der Waals surface area contributed by atoms with Gasteiger partial charge in [-0.15, -0.1) is 0 Å². The molecule has 0 unspecified atom stereocenters. The number of aromatic nitrogens is 4. The normalized spacial score (nSPS) is 13.1. The number of amides is 1. The molecule has 0 bridgehead atoms. The van der Waals surface area contributed by atoms with Crippen LogP contribution in [0.2, 0.25) is 0 Å². The molecule has 0 radical (unpaired) electrons. The van der Waals surface area contributed by atoms with Crippen LogP contribution >= 0.6 is 0 Å². The number of hydrogen-bond acceptors (Lipinski definition) is 5. The van der Waals surface area contributed by atoms with Crippen molar-refractivity contribution in [2.45, 2.75) is 26.4 Å². The number of halogens is 1. The third-order valence-corrected chi connectivity index (χ3v) is 6.46. The van der Waals surface area contributed by atoms with E-state index in [0.717, 1.165) is 39.5 Å². The summed E-state index contributed by atoms with van der Waals surface area (Å²) < 4.78 is 21.0. The monoisotopic (exact) mass is 474 g/mol. The number of anilines is 1. The minimum absolute atomic E-state index is 0.0433. The minimum atomic E-state index is -0.420. The van der Waals surface area contributed by atoms with Gasteiger partial charge in [-0.1, -0.05) is 6.07 Å². The van der Waals surface area contributed by atoms with Crippen LogP contribution in [0.4, 0.5) is 10.3 Å². The maximum absolute atomic E-state index is 13.9. The predicted molar refractivity (Wildman–Crippen MR) is 131 cm³/mol. The average molecular weight is 475 g/mol. The fourth-order valence-corrected chi connectivity index (χ4v) is 4.70. The number of ether oxygens (including phenoxy) is 1. The van der Waals surface area contributed by atoms with Crippen LogP contribution in [0, 0.1) is 12.7 Å². The molecule has 8 nitrogen and oxygen atoms in total. The molecule has 5 rings (SSSR count). The van der Waals surface area contributed by atoms with Gasteiger partial charge in [0.05, 0.1) is 19.9 Å². The average Bonchev–Trinajstić information content (AvgIpc) is 3.50. The maximum atomic E-state index is 13.9. The number of carbonyl (C=O) groups is 1. The van der Waals surface area contributed by atoms with Crippen molar-refractivity contribution in [3.63, 3.8) is 0 Å². The fourth-order valence-electron chi connectivity index (χ4n) is 4.70. The Hall–Kier alpha value is -4.14. The SMILES string of the molecule is CNc1nccn1Cc1cc2c(c(-c3cn[nH]c3C)c1)CCN(Cc1ccc(F)c(OC)c1)C2=O. The Kier molecular flexibility index (Phi) is 5.98. The number of aryl methyl sites for hydroxylation is 1. The van der Waals surface area contributed by atoms with E-state index in [1.54, 1.807) is 23.2 Å². The zero-order valence-corrected chi connectivity index (χ0v) is 19.9. The van der Waals surface area contributed by atoms with Crippen molar-refractivity contribution < 1.29 is 13.9 Å². The highest BCUT2D eigenvalue weighted by Crippen LogP contribution is 2.34. The van der Waals surface area contributed by atoms with Crippen LogP contribution in [0.15, 0.2) is 48.9 Å². The van der Waals surface area contributed by atoms with Gasteiger partial charge in [0.1, 0.15) is 0 Å². The lowest BCUT2D eigenvalue weighted by Gasteiger charge is -2.31. The Balaban J connectivity index is 1.53. The molecule has 3 heterocycles. The van der Waals surface area contributed by atoms with Gasteiger partial charge < -0.3 is 19.5 Å². The second-order valence-electron chi connectivity index (χ2n) is 8.65. The van der Waals surface area contributed by atoms with Crippen LogP contribution in [0.25, 0.3) is 11.1 Å². The van der Waals surface area contributed by atoms with Crippen LogP contribution in [-0.2, 0) is 19.5 Å². The lowest BCUT2D eigenvalue weighted by molar-refractivity contribution is 0.0727. The summed E-state index contributed by atoms with van der Waals surface area (Å²) in [7, 11) is 3.27. The Bertz CT molecular complexity index is 1390. The number of nitrogens with zero attached hydrogens (tertiary/aromatic N) is 4. The molecule has 4 aromatic rings. The molecule has 2 aromatic carbocycles. The van der Waals surface area contributed by atoms with Crippen LogP contribution in [0.1, 0.15) is 32.7 Å². The number of aromatic amines is 1. The van der Waals surface area contributed by atoms with Crippen molar-refractivity contribution in [2.75, 3.05) is 26.0 Å². The first kappa shape index (κ1) is 22.6. The first-order valence-corrected chi connectivity index (χ1v) is 11.4. The molecular weight excluding hydrogens is 447 g/mol. The molecule has 0 saturated heterocycles. The summed E-state index contributed by atoms with van der Waals surface area (Å²) in [6.07, 6.45) is 6.18. The molecule has 2 aromatic heterocycles. The Morgan fingerprint density at radius 3 is 2.71 bits per heavy atom. The van der Waals surface area contributed by atoms with Crippen LogP contribution in [0.5, 0.6) is 5.75 Å². The highest BCUT2D eigenvalue weighted by molar-refractivity contribution is 5.99. The summed E-state index contributed by atoms with van der Waals surface area (Å²) in [6.45, 7) is 3.50. The second-order valence-corrected chi connectivity index (χ2v) is 8.65. The molecule has 0 aliphatic carbocycles. The van der Waals surface area contributed by atoms with E-state index in [4.69, 9.17) is 4.74 Å². The molecule has 9 heteroatoms. The third kappa shape index (κ3) is 4.25. The molecule has 2 N–H and O–H groups in total. The number of H-pyrrole nitrogens is 1. The molecule has 0 spiro atoms. The smallest absolute Gasteiger partial charge is 0.254 e. The topological polar surface area (TPSA) is 88.1 Å². The third-order valence-electron chi connectivity index (χ3n) is 6.46. The summed E-state index contributed by atoms with van der Waals surface area (Å²) in [6, 6.07) is 8.83. The number of nitrogens with one attached hydrogen (secondary N) is 2. The second kappa shape index (κ2) is 9.25. The van der Waals surface area contributed by atoms with E-state index >= 15 is 0 Å². The summed E-state index contributed by atoms with van der Waals surface area (Å²) in [5, 5.41) is 10.3. The summed E-state index contributed by atoms with van der Waals surface area (Å²) in [5.74, 6) is 0.463. The fraction of sp³-hybridized carbons (Fsp3) is 0.269. The van der Waals surface area contributed by atoms with E-state index in [-0.39, 0.29) is 11.7 Å². The Morgan fingerprint density at radius 1 is 1.14 bits per heavy atom. The van der Waals surface area contributed by atoms with E-state index in [9.17, 15) is 9.18 Å². The lowest BCUT2D eigenvalue weighted by atomic mass is 9.88. The van der Waals surface area contributed by atoms with Gasteiger partial charge >= 0.3 is 0 Å². The van der Waals surface area contributed by atoms with Gasteiger partial charge in [0.25, 0.3) is 5.91 Å². The molecule has 180 valence electrons. The highest BCUT2D eigenvalue weighted by Gasteiger charge is 2.28. The van der Waals surface area contributed by atoms with Crippen molar-refractivity contribution in [1.82, 2.24) is 24.6 Å². The van der Waals surface area contributed by atoms with Crippen LogP contribution in [-0.4, -0.2) is 51.3 Å². The highest BCUT2D eigenvalue weighted by atomic mass is 19.1. The summed E-state index contributed by atoms with van der Waals surface area (Å²) in [5.41, 5.74) is 6.49. The summed E-state index contributed by atoms with van der Waals surface area (Å²) in [4.78, 5) is 19.8. The summed E-state index contributed by atoms with van der Waals surface area (Å²) >= 11 is 0. The number of methoxy groups -OCH3 is 1. The van der Waals surface area contributed by atoms with Gasteiger partial charge in [-0.25, -0.2) is 9.37 Å². The molecule has 1 amide bonds. The molecular formula is C26H27FN6O2. The van der Waals surface area contributed by atoms with Gasteiger partial charge in [0.2, 0.25) is 5.95 Å². The lowest BCUT2D eigenvalue weighted by Crippen LogP contribution is -2.37. The van der Waals surface area contributed by atoms with Crippen LogP contribution in [0.3, 0.4) is 0 Å². The van der Waals surface area contributed by atoms with Crippen LogP contribution < -0.4 is 10.1 Å². The quantitative estimate of drug-likeness (QED) is 0.423. The van der Waals surface area contributed by atoms with E-state index < -0.39 is 5.82 Å².